The molecule has 5 atom stereocenters. The predicted octanol–water partition coefficient (Wildman–Crippen LogP) is -1.76. The Bertz CT molecular complexity index is 429. The zero-order valence-corrected chi connectivity index (χ0v) is 10.1. The molecule has 3 N–H and O–H groups in total. The number of rotatable bonds is 2. The third-order valence-electron chi connectivity index (χ3n) is 3.43. The van der Waals surface area contributed by atoms with E-state index < -0.39 is 37.8 Å². The second-order valence-corrected chi connectivity index (χ2v) is 4.69. The minimum Gasteiger partial charge on any atom is -0.399 e. The number of aliphatic hydroxyl groups excluding tert-OH is 3. The number of hydrogen-bond acceptors (Lipinski definition) is 6. The summed E-state index contributed by atoms with van der Waals surface area (Å²) in [6, 6.07) is 9.21. The molecule has 0 aliphatic carbocycles. The predicted molar refractivity (Wildman–Crippen MR) is 65.5 cm³/mol. The fourth-order valence-electron chi connectivity index (χ4n) is 2.39. The van der Waals surface area contributed by atoms with Gasteiger partial charge in [-0.3, -0.25) is 0 Å². The van der Waals surface area contributed by atoms with E-state index in [1.165, 1.54) is 0 Å². The molecule has 102 valence electrons. The van der Waals surface area contributed by atoms with E-state index in [-0.39, 0.29) is 6.61 Å². The monoisotopic (exact) mass is 266 g/mol. The molecule has 2 bridgehead atoms. The highest BCUT2D eigenvalue weighted by atomic mass is 16.7. The minimum absolute atomic E-state index is 0.358. The molecule has 1 aromatic carbocycles. The summed E-state index contributed by atoms with van der Waals surface area (Å²) in [5.74, 6) is 0. The van der Waals surface area contributed by atoms with E-state index >= 15 is 0 Å². The Balaban J connectivity index is 1.81. The molecule has 0 unspecified atom stereocenters. The third-order valence-corrected chi connectivity index (χ3v) is 3.43. The summed E-state index contributed by atoms with van der Waals surface area (Å²) < 4.78 is 16.4. The number of aliphatic hydroxyl groups is 3. The molecular weight excluding hydrogens is 251 g/mol. The van der Waals surface area contributed by atoms with Crippen molar-refractivity contribution in [3.05, 3.63) is 30.3 Å². The van der Waals surface area contributed by atoms with Crippen LogP contribution in [-0.4, -0.2) is 59.8 Å². The lowest BCUT2D eigenvalue weighted by Gasteiger charge is -2.47. The van der Waals surface area contributed by atoms with Crippen molar-refractivity contribution in [2.75, 3.05) is 6.61 Å². The quantitative estimate of drug-likeness (QED) is 0.549. The summed E-state index contributed by atoms with van der Waals surface area (Å²) in [6.45, 7) is -0.358. The molecule has 0 aromatic heterocycles. The smallest absolute Gasteiger partial charge is 0.399 e. The SMILES string of the molecule is OC[C@H]1O[C@@H]2OB(c3ccccc3)O[C@@H]([C@H]1O)[C@H]2O. The maximum atomic E-state index is 9.99. The van der Waals surface area contributed by atoms with Crippen molar-refractivity contribution in [1.82, 2.24) is 0 Å². The van der Waals surface area contributed by atoms with Crippen molar-refractivity contribution >= 4 is 12.6 Å². The van der Waals surface area contributed by atoms with Gasteiger partial charge in [-0.15, -0.1) is 0 Å². The second-order valence-electron chi connectivity index (χ2n) is 4.69. The van der Waals surface area contributed by atoms with E-state index in [2.05, 4.69) is 0 Å². The van der Waals surface area contributed by atoms with Crippen LogP contribution >= 0.6 is 0 Å². The molecule has 3 rings (SSSR count). The van der Waals surface area contributed by atoms with Crippen molar-refractivity contribution in [2.24, 2.45) is 0 Å². The van der Waals surface area contributed by atoms with Crippen LogP contribution in [0.1, 0.15) is 0 Å². The van der Waals surface area contributed by atoms with Crippen LogP contribution in [0, 0.1) is 0 Å². The number of ether oxygens (including phenoxy) is 1. The molecule has 0 saturated carbocycles. The first-order valence-electron chi connectivity index (χ1n) is 6.19. The molecule has 0 spiro atoms. The topological polar surface area (TPSA) is 88.4 Å². The van der Waals surface area contributed by atoms with Crippen LogP contribution in [-0.2, 0) is 14.0 Å². The number of fused-ring (bicyclic) bond motifs is 2. The van der Waals surface area contributed by atoms with E-state index in [1.54, 1.807) is 0 Å². The molecule has 2 saturated heterocycles. The lowest BCUT2D eigenvalue weighted by atomic mass is 9.76. The van der Waals surface area contributed by atoms with Gasteiger partial charge in [0.25, 0.3) is 0 Å². The average Bonchev–Trinajstić information content (AvgIpc) is 2.44. The van der Waals surface area contributed by atoms with Crippen molar-refractivity contribution in [3.8, 4) is 0 Å². The molecular formula is C12H15BO6. The first kappa shape index (κ1) is 13.0. The number of hydrogen-bond donors (Lipinski definition) is 3. The number of benzene rings is 1. The summed E-state index contributed by atoms with van der Waals surface area (Å²) >= 11 is 0. The Labute approximate surface area is 110 Å². The summed E-state index contributed by atoms with van der Waals surface area (Å²) in [5, 5.41) is 29.0. The lowest BCUT2D eigenvalue weighted by Crippen LogP contribution is -2.67. The summed E-state index contributed by atoms with van der Waals surface area (Å²) in [7, 11) is -0.700. The standard InChI is InChI=1S/C12H15BO6/c14-6-8-9(15)11-10(16)12(17-8)19-13(18-11)7-4-2-1-3-5-7/h1-5,8-12,14-16H,6H2/t8-,9+,10-,11+,12-/m1/s1. The van der Waals surface area contributed by atoms with Gasteiger partial charge in [-0.05, 0) is 5.46 Å². The van der Waals surface area contributed by atoms with Gasteiger partial charge in [0.1, 0.15) is 24.4 Å². The Morgan fingerprint density at radius 1 is 1.05 bits per heavy atom. The molecule has 6 nitrogen and oxygen atoms in total. The summed E-state index contributed by atoms with van der Waals surface area (Å²) in [4.78, 5) is 0. The Kier molecular flexibility index (Phi) is 3.57. The average molecular weight is 266 g/mol. The third kappa shape index (κ3) is 2.29. The normalized spacial score (nSPS) is 38.3. The van der Waals surface area contributed by atoms with Crippen LogP contribution in [0.5, 0.6) is 0 Å². The van der Waals surface area contributed by atoms with Crippen LogP contribution in [0.2, 0.25) is 0 Å². The highest BCUT2D eigenvalue weighted by Gasteiger charge is 2.52. The molecule has 0 amide bonds. The first-order valence-corrected chi connectivity index (χ1v) is 6.19. The molecule has 0 radical (unpaired) electrons. The van der Waals surface area contributed by atoms with Crippen LogP contribution in [0.15, 0.2) is 30.3 Å². The van der Waals surface area contributed by atoms with Gasteiger partial charge in [0.05, 0.1) is 6.61 Å². The van der Waals surface area contributed by atoms with Crippen molar-refractivity contribution < 1.29 is 29.4 Å². The van der Waals surface area contributed by atoms with E-state index in [1.807, 2.05) is 30.3 Å². The van der Waals surface area contributed by atoms with Crippen LogP contribution in [0.25, 0.3) is 0 Å². The highest BCUT2D eigenvalue weighted by Crippen LogP contribution is 2.29. The van der Waals surface area contributed by atoms with Gasteiger partial charge in [0.15, 0.2) is 6.29 Å². The summed E-state index contributed by atoms with van der Waals surface area (Å²) in [6.07, 6.45) is -4.72. The summed E-state index contributed by atoms with van der Waals surface area (Å²) in [5.41, 5.74) is 0.780. The molecule has 2 heterocycles. The Hall–Kier alpha value is -0.955. The zero-order valence-electron chi connectivity index (χ0n) is 10.1. The zero-order chi connectivity index (χ0) is 13.4. The molecule has 7 heteroatoms. The van der Waals surface area contributed by atoms with Gasteiger partial charge in [-0.25, -0.2) is 0 Å². The molecule has 19 heavy (non-hydrogen) atoms. The molecule has 2 fully saturated rings. The van der Waals surface area contributed by atoms with Crippen LogP contribution in [0.4, 0.5) is 0 Å². The van der Waals surface area contributed by atoms with Crippen molar-refractivity contribution in [3.63, 3.8) is 0 Å². The first-order chi connectivity index (χ1) is 9.20. The fraction of sp³-hybridized carbons (Fsp3) is 0.500. The minimum atomic E-state index is -1.09. The van der Waals surface area contributed by atoms with Gasteiger partial charge in [-0.1, -0.05) is 30.3 Å². The second kappa shape index (κ2) is 5.20. The van der Waals surface area contributed by atoms with E-state index in [0.717, 1.165) is 5.46 Å². The van der Waals surface area contributed by atoms with Crippen LogP contribution in [0.3, 0.4) is 0 Å². The van der Waals surface area contributed by atoms with Gasteiger partial charge < -0.3 is 29.4 Å². The Morgan fingerprint density at radius 3 is 2.47 bits per heavy atom. The highest BCUT2D eigenvalue weighted by molar-refractivity contribution is 6.61. The van der Waals surface area contributed by atoms with Gasteiger partial charge >= 0.3 is 7.12 Å². The molecule has 1 aromatic rings. The van der Waals surface area contributed by atoms with Crippen molar-refractivity contribution in [1.29, 1.82) is 0 Å². The van der Waals surface area contributed by atoms with Crippen molar-refractivity contribution in [2.45, 2.75) is 30.7 Å². The largest absolute Gasteiger partial charge is 0.496 e. The van der Waals surface area contributed by atoms with Gasteiger partial charge in [0, 0.05) is 0 Å². The fourth-order valence-corrected chi connectivity index (χ4v) is 2.39. The van der Waals surface area contributed by atoms with E-state index in [4.69, 9.17) is 19.2 Å². The maximum absolute atomic E-state index is 9.99. The van der Waals surface area contributed by atoms with E-state index in [9.17, 15) is 10.2 Å². The molecule has 2 aliphatic rings. The maximum Gasteiger partial charge on any atom is 0.496 e. The van der Waals surface area contributed by atoms with Crippen LogP contribution < -0.4 is 5.46 Å². The lowest BCUT2D eigenvalue weighted by molar-refractivity contribution is -0.300. The Morgan fingerprint density at radius 2 is 1.79 bits per heavy atom. The van der Waals surface area contributed by atoms with Gasteiger partial charge in [0.2, 0.25) is 0 Å². The molecule has 2 aliphatic heterocycles. The van der Waals surface area contributed by atoms with Gasteiger partial charge in [-0.2, -0.15) is 0 Å². The van der Waals surface area contributed by atoms with E-state index in [0.29, 0.717) is 0 Å².